The van der Waals surface area contributed by atoms with Gasteiger partial charge in [0.1, 0.15) is 5.82 Å². The molecule has 0 unspecified atom stereocenters. The van der Waals surface area contributed by atoms with Gasteiger partial charge in [-0.3, -0.25) is 0 Å². The van der Waals surface area contributed by atoms with Crippen molar-refractivity contribution in [1.82, 2.24) is 9.97 Å². The van der Waals surface area contributed by atoms with Gasteiger partial charge in [0.25, 0.3) is 0 Å². The lowest BCUT2D eigenvalue weighted by Crippen LogP contribution is -2.42. The van der Waals surface area contributed by atoms with Crippen LogP contribution >= 0.6 is 0 Å². The molecule has 0 radical (unpaired) electrons. The number of aromatic nitrogens is 2. The number of hydrogen-bond acceptors (Lipinski definition) is 4. The van der Waals surface area contributed by atoms with Gasteiger partial charge < -0.3 is 10.0 Å². The normalized spacial score (nSPS) is 19.1. The molecule has 1 atom stereocenters. The van der Waals surface area contributed by atoms with E-state index in [0.29, 0.717) is 0 Å². The Hall–Kier alpha value is -1.94. The number of piperidine rings is 1. The van der Waals surface area contributed by atoms with Crippen molar-refractivity contribution in [3.63, 3.8) is 0 Å². The fraction of sp³-hybridized carbons (Fsp3) is 0.375. The van der Waals surface area contributed by atoms with Crippen molar-refractivity contribution < 1.29 is 5.11 Å². The van der Waals surface area contributed by atoms with Crippen LogP contribution in [0.2, 0.25) is 0 Å². The molecule has 1 fully saturated rings. The molecule has 1 aliphatic heterocycles. The fourth-order valence-corrected chi connectivity index (χ4v) is 2.73. The van der Waals surface area contributed by atoms with E-state index in [1.165, 1.54) is 6.42 Å². The molecule has 2 heterocycles. The third-order valence-electron chi connectivity index (χ3n) is 3.81. The highest BCUT2D eigenvalue weighted by Crippen LogP contribution is 2.24. The molecule has 1 aromatic carbocycles. The lowest BCUT2D eigenvalue weighted by molar-refractivity contribution is 0.239. The van der Waals surface area contributed by atoms with E-state index in [-0.39, 0.29) is 12.6 Å². The van der Waals surface area contributed by atoms with Crippen LogP contribution in [0.5, 0.6) is 0 Å². The molecule has 0 spiro atoms. The van der Waals surface area contributed by atoms with Crippen LogP contribution in [-0.2, 0) is 0 Å². The van der Waals surface area contributed by atoms with Gasteiger partial charge in [-0.05, 0) is 25.3 Å². The average Bonchev–Trinajstić information content (AvgIpc) is 2.56. The van der Waals surface area contributed by atoms with Gasteiger partial charge >= 0.3 is 0 Å². The number of anilines is 1. The summed E-state index contributed by atoms with van der Waals surface area (Å²) in [4.78, 5) is 11.2. The fourth-order valence-electron chi connectivity index (χ4n) is 2.73. The minimum Gasteiger partial charge on any atom is -0.394 e. The molecule has 4 nitrogen and oxygen atoms in total. The maximum Gasteiger partial charge on any atom is 0.161 e. The third-order valence-corrected chi connectivity index (χ3v) is 3.81. The molecule has 0 amide bonds. The second-order valence-corrected chi connectivity index (χ2v) is 5.13. The number of rotatable bonds is 3. The second-order valence-electron chi connectivity index (χ2n) is 5.13. The molecule has 1 saturated heterocycles. The molecule has 2 aromatic rings. The summed E-state index contributed by atoms with van der Waals surface area (Å²) < 4.78 is 0. The Morgan fingerprint density at radius 1 is 1.15 bits per heavy atom. The zero-order chi connectivity index (χ0) is 13.8. The van der Waals surface area contributed by atoms with E-state index in [1.54, 1.807) is 6.20 Å². The first-order valence-corrected chi connectivity index (χ1v) is 7.14. The van der Waals surface area contributed by atoms with Gasteiger partial charge in [-0.1, -0.05) is 30.3 Å². The van der Waals surface area contributed by atoms with Gasteiger partial charge in [0.05, 0.1) is 12.6 Å². The van der Waals surface area contributed by atoms with E-state index in [2.05, 4.69) is 14.9 Å². The van der Waals surface area contributed by atoms with Crippen molar-refractivity contribution in [3.05, 3.63) is 42.6 Å². The van der Waals surface area contributed by atoms with Crippen molar-refractivity contribution in [3.8, 4) is 11.4 Å². The monoisotopic (exact) mass is 269 g/mol. The molecule has 104 valence electrons. The van der Waals surface area contributed by atoms with Gasteiger partial charge in [-0.2, -0.15) is 0 Å². The van der Waals surface area contributed by atoms with Crippen LogP contribution in [0, 0.1) is 0 Å². The number of aliphatic hydroxyl groups excluding tert-OH is 1. The Labute approximate surface area is 119 Å². The maximum absolute atomic E-state index is 9.52. The molecule has 1 aliphatic rings. The number of aliphatic hydroxyl groups is 1. The molecule has 0 bridgehead atoms. The number of nitrogens with zero attached hydrogens (tertiary/aromatic N) is 3. The summed E-state index contributed by atoms with van der Waals surface area (Å²) >= 11 is 0. The molecule has 4 heteroatoms. The second kappa shape index (κ2) is 6.01. The zero-order valence-electron chi connectivity index (χ0n) is 11.4. The molecule has 20 heavy (non-hydrogen) atoms. The summed E-state index contributed by atoms with van der Waals surface area (Å²) in [7, 11) is 0. The van der Waals surface area contributed by atoms with Crippen molar-refractivity contribution in [2.75, 3.05) is 18.1 Å². The largest absolute Gasteiger partial charge is 0.394 e. The number of hydrogen-bond donors (Lipinski definition) is 1. The van der Waals surface area contributed by atoms with E-state index in [0.717, 1.165) is 36.6 Å². The molecule has 3 rings (SSSR count). The minimum absolute atomic E-state index is 0.183. The maximum atomic E-state index is 9.52. The molecule has 0 saturated carbocycles. The first-order chi connectivity index (χ1) is 9.88. The van der Waals surface area contributed by atoms with Crippen LogP contribution in [0.1, 0.15) is 19.3 Å². The van der Waals surface area contributed by atoms with Crippen molar-refractivity contribution in [2.24, 2.45) is 0 Å². The van der Waals surface area contributed by atoms with Crippen molar-refractivity contribution in [1.29, 1.82) is 0 Å². The summed E-state index contributed by atoms with van der Waals surface area (Å²) in [5.41, 5.74) is 1.02. The highest BCUT2D eigenvalue weighted by atomic mass is 16.3. The predicted octanol–water partition coefficient (Wildman–Crippen LogP) is 2.49. The van der Waals surface area contributed by atoms with E-state index in [9.17, 15) is 5.11 Å². The van der Waals surface area contributed by atoms with Gasteiger partial charge in [0.2, 0.25) is 0 Å². The van der Waals surface area contributed by atoms with Gasteiger partial charge in [0.15, 0.2) is 5.82 Å². The van der Waals surface area contributed by atoms with E-state index < -0.39 is 0 Å². The lowest BCUT2D eigenvalue weighted by Gasteiger charge is -2.35. The first kappa shape index (κ1) is 13.1. The Bertz CT molecular complexity index is 559. The quantitative estimate of drug-likeness (QED) is 0.930. The standard InChI is InChI=1S/C16H19N3O/c20-12-14-8-4-5-11-19(14)15-9-10-17-16(18-15)13-6-2-1-3-7-13/h1-3,6-7,9-10,14,20H,4-5,8,11-12H2/t14-/m1/s1. The number of benzene rings is 1. The Kier molecular flexibility index (Phi) is 3.92. The summed E-state index contributed by atoms with van der Waals surface area (Å²) in [6, 6.07) is 12.1. The SMILES string of the molecule is OC[C@H]1CCCCN1c1ccnc(-c2ccccc2)n1. The minimum atomic E-state index is 0.183. The third kappa shape index (κ3) is 2.65. The van der Waals surface area contributed by atoms with E-state index >= 15 is 0 Å². The lowest BCUT2D eigenvalue weighted by atomic mass is 10.0. The molecule has 1 aromatic heterocycles. The van der Waals surface area contributed by atoms with Crippen LogP contribution in [0.3, 0.4) is 0 Å². The summed E-state index contributed by atoms with van der Waals surface area (Å²) in [6.07, 6.45) is 5.16. The van der Waals surface area contributed by atoms with Gasteiger partial charge in [-0.25, -0.2) is 9.97 Å². The topological polar surface area (TPSA) is 49.2 Å². The van der Waals surface area contributed by atoms with E-state index in [1.807, 2.05) is 36.4 Å². The molecular weight excluding hydrogens is 250 g/mol. The summed E-state index contributed by atoms with van der Waals surface area (Å²) in [6.45, 7) is 1.14. The van der Waals surface area contributed by atoms with Gasteiger partial charge in [-0.15, -0.1) is 0 Å². The highest BCUT2D eigenvalue weighted by Gasteiger charge is 2.23. The molecular formula is C16H19N3O. The predicted molar refractivity (Wildman–Crippen MR) is 79.5 cm³/mol. The zero-order valence-corrected chi connectivity index (χ0v) is 11.4. The van der Waals surface area contributed by atoms with Crippen molar-refractivity contribution in [2.45, 2.75) is 25.3 Å². The van der Waals surface area contributed by atoms with Crippen molar-refractivity contribution >= 4 is 5.82 Å². The molecule has 1 N–H and O–H groups in total. The van der Waals surface area contributed by atoms with Crippen LogP contribution in [0.15, 0.2) is 42.6 Å². The Morgan fingerprint density at radius 3 is 2.80 bits per heavy atom. The van der Waals surface area contributed by atoms with Crippen LogP contribution in [0.25, 0.3) is 11.4 Å². The summed E-state index contributed by atoms with van der Waals surface area (Å²) in [5, 5.41) is 9.52. The van der Waals surface area contributed by atoms with Crippen LogP contribution in [-0.4, -0.2) is 34.3 Å². The Morgan fingerprint density at radius 2 is 2.00 bits per heavy atom. The molecule has 0 aliphatic carbocycles. The summed E-state index contributed by atoms with van der Waals surface area (Å²) in [5.74, 6) is 1.66. The van der Waals surface area contributed by atoms with Gasteiger partial charge in [0, 0.05) is 18.3 Å². The highest BCUT2D eigenvalue weighted by molar-refractivity contribution is 5.57. The Balaban J connectivity index is 1.91. The van der Waals surface area contributed by atoms with Crippen LogP contribution in [0.4, 0.5) is 5.82 Å². The average molecular weight is 269 g/mol. The first-order valence-electron chi connectivity index (χ1n) is 7.14. The van der Waals surface area contributed by atoms with E-state index in [4.69, 9.17) is 0 Å². The smallest absolute Gasteiger partial charge is 0.161 e. The van der Waals surface area contributed by atoms with Crippen LogP contribution < -0.4 is 4.90 Å².